The summed E-state index contributed by atoms with van der Waals surface area (Å²) in [5.41, 5.74) is 7.73. The topological polar surface area (TPSA) is 86.0 Å². The Bertz CT molecular complexity index is 1920. The van der Waals surface area contributed by atoms with Crippen LogP contribution in [0, 0.1) is 11.3 Å². The van der Waals surface area contributed by atoms with Crippen molar-refractivity contribution in [2.75, 3.05) is 52.6 Å². The smallest absolute Gasteiger partial charge is 0.182 e. The van der Waals surface area contributed by atoms with E-state index in [1.165, 1.54) is 11.1 Å². The van der Waals surface area contributed by atoms with Gasteiger partial charge in [0.25, 0.3) is 0 Å². The van der Waals surface area contributed by atoms with E-state index >= 15 is 0 Å². The second-order valence-corrected chi connectivity index (χ2v) is 15.4. The highest BCUT2D eigenvalue weighted by atomic mass is 16.5. The third-order valence-corrected chi connectivity index (χ3v) is 11.8. The van der Waals surface area contributed by atoms with Crippen molar-refractivity contribution in [2.24, 2.45) is 0 Å². The number of carbonyl (C=O) groups is 1. The van der Waals surface area contributed by atoms with Gasteiger partial charge in [-0.3, -0.25) is 14.6 Å². The van der Waals surface area contributed by atoms with Crippen LogP contribution in [0.3, 0.4) is 0 Å². The SMILES string of the molecule is CC(C)(C(=O)c1ccc(CC2(Cc3ccc(C(O)C(C)(C)N4CCOCC4)cc3)c3ccccc3-c3ccc(C#N)cc32)cc1)N1CCOCC1. The number of hydrogen-bond donors (Lipinski definition) is 1. The fourth-order valence-electron chi connectivity index (χ4n) is 8.60. The first-order chi connectivity index (χ1) is 24.5. The molecule has 264 valence electrons. The first-order valence-corrected chi connectivity index (χ1v) is 18.3. The van der Waals surface area contributed by atoms with E-state index in [9.17, 15) is 15.2 Å². The molecule has 2 heterocycles. The van der Waals surface area contributed by atoms with E-state index in [2.05, 4.69) is 103 Å². The Morgan fingerprint density at radius 3 is 1.92 bits per heavy atom. The van der Waals surface area contributed by atoms with Crippen molar-refractivity contribution in [1.82, 2.24) is 9.80 Å². The summed E-state index contributed by atoms with van der Waals surface area (Å²) >= 11 is 0. The monoisotopic (exact) mass is 683 g/mol. The van der Waals surface area contributed by atoms with Crippen LogP contribution in [0.15, 0.2) is 91.0 Å². The van der Waals surface area contributed by atoms with Gasteiger partial charge in [0, 0.05) is 42.7 Å². The fraction of sp³-hybridized carbons (Fsp3) is 0.409. The van der Waals surface area contributed by atoms with Gasteiger partial charge in [0.1, 0.15) is 0 Å². The molecule has 7 nitrogen and oxygen atoms in total. The van der Waals surface area contributed by atoms with Gasteiger partial charge in [-0.25, -0.2) is 0 Å². The average Bonchev–Trinajstić information content (AvgIpc) is 3.43. The molecule has 51 heavy (non-hydrogen) atoms. The van der Waals surface area contributed by atoms with E-state index < -0.39 is 22.6 Å². The van der Waals surface area contributed by atoms with Crippen LogP contribution in [0.5, 0.6) is 0 Å². The maximum atomic E-state index is 13.8. The zero-order chi connectivity index (χ0) is 35.8. The molecule has 1 aliphatic carbocycles. The van der Waals surface area contributed by atoms with Crippen LogP contribution in [-0.4, -0.2) is 84.4 Å². The van der Waals surface area contributed by atoms with E-state index in [0.29, 0.717) is 50.4 Å². The first kappa shape index (κ1) is 35.3. The number of ketones is 1. The van der Waals surface area contributed by atoms with Gasteiger partial charge < -0.3 is 14.6 Å². The second kappa shape index (κ2) is 14.1. The van der Waals surface area contributed by atoms with E-state index in [-0.39, 0.29) is 5.78 Å². The number of hydrogen-bond acceptors (Lipinski definition) is 7. The van der Waals surface area contributed by atoms with Gasteiger partial charge in [-0.15, -0.1) is 0 Å². The molecule has 3 aliphatic rings. The molecule has 2 saturated heterocycles. The predicted molar refractivity (Wildman–Crippen MR) is 200 cm³/mol. The molecule has 0 aromatic heterocycles. The van der Waals surface area contributed by atoms with Crippen LogP contribution in [0.4, 0.5) is 0 Å². The van der Waals surface area contributed by atoms with Gasteiger partial charge in [0.05, 0.1) is 49.7 Å². The summed E-state index contributed by atoms with van der Waals surface area (Å²) in [6, 6.07) is 33.7. The van der Waals surface area contributed by atoms with E-state index in [1.807, 2.05) is 32.0 Å². The number of benzene rings is 4. The number of ether oxygens (including phenoxy) is 2. The second-order valence-electron chi connectivity index (χ2n) is 15.4. The molecular weight excluding hydrogens is 635 g/mol. The molecule has 2 fully saturated rings. The van der Waals surface area contributed by atoms with Crippen LogP contribution in [0.1, 0.15) is 77.5 Å². The maximum Gasteiger partial charge on any atom is 0.182 e. The number of nitrogens with zero attached hydrogens (tertiary/aromatic N) is 3. The fourth-order valence-corrected chi connectivity index (χ4v) is 8.60. The molecule has 2 unspecified atom stereocenters. The van der Waals surface area contributed by atoms with E-state index in [4.69, 9.17) is 9.47 Å². The largest absolute Gasteiger partial charge is 0.386 e. The van der Waals surface area contributed by atoms with Gasteiger partial charge in [-0.05, 0) is 91.6 Å². The van der Waals surface area contributed by atoms with Crippen molar-refractivity contribution in [3.05, 3.63) is 130 Å². The van der Waals surface area contributed by atoms with Crippen molar-refractivity contribution in [3.8, 4) is 17.2 Å². The minimum absolute atomic E-state index is 0.111. The summed E-state index contributed by atoms with van der Waals surface area (Å²) in [6.45, 7) is 14.0. The minimum atomic E-state index is -0.654. The van der Waals surface area contributed by atoms with Gasteiger partial charge in [-0.2, -0.15) is 5.26 Å². The molecule has 0 amide bonds. The van der Waals surface area contributed by atoms with Gasteiger partial charge >= 0.3 is 0 Å². The third kappa shape index (κ3) is 6.57. The number of aliphatic hydroxyl groups excluding tert-OH is 1. The summed E-state index contributed by atoms with van der Waals surface area (Å²) < 4.78 is 11.1. The summed E-state index contributed by atoms with van der Waals surface area (Å²) in [4.78, 5) is 18.3. The molecule has 4 aromatic rings. The van der Waals surface area contributed by atoms with E-state index in [1.54, 1.807) is 0 Å². The maximum absolute atomic E-state index is 13.8. The number of fused-ring (bicyclic) bond motifs is 3. The van der Waals surface area contributed by atoms with Crippen molar-refractivity contribution in [2.45, 2.75) is 63.1 Å². The molecule has 7 rings (SSSR count). The zero-order valence-corrected chi connectivity index (χ0v) is 30.3. The summed E-state index contributed by atoms with van der Waals surface area (Å²) in [6.07, 6.45) is 0.751. The molecule has 4 aromatic carbocycles. The highest BCUT2D eigenvalue weighted by Crippen LogP contribution is 2.52. The Morgan fingerprint density at radius 1 is 0.765 bits per heavy atom. The lowest BCUT2D eigenvalue weighted by atomic mass is 9.69. The number of carbonyl (C=O) groups excluding carboxylic acids is 1. The lowest BCUT2D eigenvalue weighted by Crippen LogP contribution is -2.54. The van der Waals surface area contributed by atoms with Crippen molar-refractivity contribution < 1.29 is 19.4 Å². The number of Topliss-reactive ketones (excluding diaryl/α,β-unsaturated/α-hetero) is 1. The predicted octanol–water partition coefficient (Wildman–Crippen LogP) is 6.75. The zero-order valence-electron chi connectivity index (χ0n) is 30.3. The van der Waals surface area contributed by atoms with E-state index in [0.717, 1.165) is 54.0 Å². The standard InChI is InChI=1S/C44H49N3O4/c1-42(2,46-19-23-50-24-20-46)40(48)34-14-9-31(10-15-34)28-44(38-8-6-5-7-36(38)37-18-13-33(30-45)27-39(37)44)29-32-11-16-35(17-12-32)41(49)43(3,4)47-21-25-51-26-22-47/h5-18,27,40,48H,19-26,28-29H2,1-4H3. The molecule has 2 atom stereocenters. The number of aliphatic hydroxyl groups is 1. The minimum Gasteiger partial charge on any atom is -0.386 e. The lowest BCUT2D eigenvalue weighted by Gasteiger charge is -2.44. The first-order valence-electron chi connectivity index (χ1n) is 18.3. The van der Waals surface area contributed by atoms with Crippen LogP contribution < -0.4 is 0 Å². The summed E-state index contributed by atoms with van der Waals surface area (Å²) in [7, 11) is 0. The third-order valence-electron chi connectivity index (χ3n) is 11.8. The number of nitriles is 1. The number of rotatable bonds is 10. The normalized spacial score (nSPS) is 20.3. The molecule has 1 N–H and O–H groups in total. The Labute approximate surface area is 302 Å². The lowest BCUT2D eigenvalue weighted by molar-refractivity contribution is -0.0630. The molecular formula is C44H49N3O4. The van der Waals surface area contributed by atoms with Crippen LogP contribution in [0.2, 0.25) is 0 Å². The summed E-state index contributed by atoms with van der Waals surface area (Å²) in [5.74, 6) is 0.111. The molecule has 2 aliphatic heterocycles. The average molecular weight is 684 g/mol. The Balaban J connectivity index is 1.23. The van der Waals surface area contributed by atoms with Crippen LogP contribution >= 0.6 is 0 Å². The number of morpholine rings is 2. The highest BCUT2D eigenvalue weighted by molar-refractivity contribution is 6.02. The molecule has 0 saturated carbocycles. The van der Waals surface area contributed by atoms with Crippen molar-refractivity contribution in [3.63, 3.8) is 0 Å². The quantitative estimate of drug-likeness (QED) is 0.185. The molecule has 0 spiro atoms. The Morgan fingerprint density at radius 2 is 1.31 bits per heavy atom. The van der Waals surface area contributed by atoms with Crippen molar-refractivity contribution in [1.29, 1.82) is 5.26 Å². The summed E-state index contributed by atoms with van der Waals surface area (Å²) in [5, 5.41) is 21.6. The van der Waals surface area contributed by atoms with Gasteiger partial charge in [0.2, 0.25) is 0 Å². The van der Waals surface area contributed by atoms with Gasteiger partial charge in [-0.1, -0.05) is 78.9 Å². The highest BCUT2D eigenvalue weighted by Gasteiger charge is 2.44. The van der Waals surface area contributed by atoms with Crippen molar-refractivity contribution >= 4 is 5.78 Å². The molecule has 0 radical (unpaired) electrons. The Kier molecular flexibility index (Phi) is 9.75. The Hall–Kier alpha value is -4.16. The van der Waals surface area contributed by atoms with Gasteiger partial charge in [0.15, 0.2) is 5.78 Å². The molecule has 7 heteroatoms. The van der Waals surface area contributed by atoms with Crippen LogP contribution in [0.25, 0.3) is 11.1 Å². The van der Waals surface area contributed by atoms with Crippen LogP contribution in [-0.2, 0) is 27.7 Å². The molecule has 0 bridgehead atoms.